The summed E-state index contributed by atoms with van der Waals surface area (Å²) in [6.07, 6.45) is -0.188. The third-order valence-corrected chi connectivity index (χ3v) is 4.00. The molecule has 0 saturated carbocycles. The lowest BCUT2D eigenvalue weighted by Crippen LogP contribution is -2.48. The Morgan fingerprint density at radius 1 is 1.41 bits per heavy atom. The zero-order chi connectivity index (χ0) is 15.7. The lowest BCUT2D eigenvalue weighted by molar-refractivity contribution is -0.0489. The van der Waals surface area contributed by atoms with Crippen molar-refractivity contribution >= 4 is 17.5 Å². The van der Waals surface area contributed by atoms with Gasteiger partial charge >= 0.3 is 0 Å². The Balaban J connectivity index is 1.80. The highest BCUT2D eigenvalue weighted by molar-refractivity contribution is 6.30. The molecule has 1 aliphatic heterocycles. The van der Waals surface area contributed by atoms with Gasteiger partial charge in [0.15, 0.2) is 5.69 Å². The molecule has 1 aliphatic rings. The van der Waals surface area contributed by atoms with Crippen LogP contribution in [-0.4, -0.2) is 35.2 Å². The van der Waals surface area contributed by atoms with E-state index in [9.17, 15) is 4.79 Å². The van der Waals surface area contributed by atoms with Gasteiger partial charge in [0.05, 0.1) is 19.2 Å². The van der Waals surface area contributed by atoms with Crippen LogP contribution in [0.15, 0.2) is 34.9 Å². The number of hydrogen-bond donors (Lipinski definition) is 0. The van der Waals surface area contributed by atoms with Gasteiger partial charge in [0.1, 0.15) is 11.9 Å². The monoisotopic (exact) mass is 320 g/mol. The first-order valence-corrected chi connectivity index (χ1v) is 7.54. The van der Waals surface area contributed by atoms with E-state index in [0.29, 0.717) is 29.6 Å². The van der Waals surface area contributed by atoms with E-state index in [-0.39, 0.29) is 18.1 Å². The minimum atomic E-state index is -0.188. The molecule has 0 spiro atoms. The van der Waals surface area contributed by atoms with Crippen molar-refractivity contribution in [2.45, 2.75) is 26.0 Å². The number of amides is 1. The summed E-state index contributed by atoms with van der Waals surface area (Å²) in [5.41, 5.74) is 1.30. The van der Waals surface area contributed by atoms with Crippen LogP contribution in [0.3, 0.4) is 0 Å². The normalized spacial score (nSPS) is 21.9. The molecule has 3 rings (SSSR count). The number of nitrogens with zero attached hydrogens (tertiary/aromatic N) is 2. The Kier molecular flexibility index (Phi) is 4.18. The number of rotatable bonds is 2. The van der Waals surface area contributed by atoms with Crippen molar-refractivity contribution in [3.63, 3.8) is 0 Å². The second-order valence-electron chi connectivity index (χ2n) is 5.51. The minimum Gasteiger partial charge on any atom is -0.370 e. The summed E-state index contributed by atoms with van der Waals surface area (Å²) >= 11 is 6.03. The summed E-state index contributed by atoms with van der Waals surface area (Å²) in [6, 6.07) is 9.16. The molecule has 0 unspecified atom stereocenters. The van der Waals surface area contributed by atoms with Crippen LogP contribution >= 0.6 is 11.6 Å². The van der Waals surface area contributed by atoms with Gasteiger partial charge < -0.3 is 14.2 Å². The van der Waals surface area contributed by atoms with E-state index in [1.165, 1.54) is 0 Å². The average Bonchev–Trinajstić information content (AvgIpc) is 2.93. The third kappa shape index (κ3) is 3.00. The fourth-order valence-electron chi connectivity index (χ4n) is 2.56. The average molecular weight is 321 g/mol. The Morgan fingerprint density at radius 2 is 2.23 bits per heavy atom. The first kappa shape index (κ1) is 15.1. The highest BCUT2D eigenvalue weighted by Crippen LogP contribution is 2.27. The molecule has 5 nitrogen and oxygen atoms in total. The Morgan fingerprint density at radius 3 is 2.91 bits per heavy atom. The van der Waals surface area contributed by atoms with Crippen molar-refractivity contribution in [2.75, 3.05) is 13.2 Å². The van der Waals surface area contributed by atoms with Crippen LogP contribution < -0.4 is 0 Å². The maximum Gasteiger partial charge on any atom is 0.276 e. The van der Waals surface area contributed by atoms with Gasteiger partial charge in [-0.1, -0.05) is 28.9 Å². The van der Waals surface area contributed by atoms with Gasteiger partial charge in [0.2, 0.25) is 0 Å². The predicted molar refractivity (Wildman–Crippen MR) is 81.9 cm³/mol. The van der Waals surface area contributed by atoms with Crippen LogP contribution in [0.25, 0.3) is 0 Å². The predicted octanol–water partition coefficient (Wildman–Crippen LogP) is 3.24. The largest absolute Gasteiger partial charge is 0.370 e. The third-order valence-electron chi connectivity index (χ3n) is 3.76. The summed E-state index contributed by atoms with van der Waals surface area (Å²) in [5, 5.41) is 4.47. The number of halogens is 1. The van der Waals surface area contributed by atoms with Gasteiger partial charge in [-0.3, -0.25) is 4.79 Å². The topological polar surface area (TPSA) is 55.6 Å². The van der Waals surface area contributed by atoms with Crippen molar-refractivity contribution in [3.8, 4) is 0 Å². The van der Waals surface area contributed by atoms with Crippen LogP contribution in [0.1, 0.15) is 34.8 Å². The SMILES string of the molecule is Cc1cc(C(=O)N2C[C@H](c3cccc(Cl)c3)OC[C@H]2C)no1. The van der Waals surface area contributed by atoms with E-state index in [2.05, 4.69) is 5.16 Å². The van der Waals surface area contributed by atoms with Gasteiger partial charge in [-0.2, -0.15) is 0 Å². The first-order chi connectivity index (χ1) is 10.5. The molecule has 1 amide bonds. The van der Waals surface area contributed by atoms with Crippen LogP contribution in [0.2, 0.25) is 5.02 Å². The molecule has 1 aromatic carbocycles. The first-order valence-electron chi connectivity index (χ1n) is 7.16. The van der Waals surface area contributed by atoms with Crippen LogP contribution in [0, 0.1) is 6.92 Å². The molecule has 0 radical (unpaired) electrons. The van der Waals surface area contributed by atoms with E-state index in [1.54, 1.807) is 17.9 Å². The molecule has 2 aromatic rings. The summed E-state index contributed by atoms with van der Waals surface area (Å²) in [7, 11) is 0. The second-order valence-corrected chi connectivity index (χ2v) is 5.94. The van der Waals surface area contributed by atoms with Gasteiger partial charge in [-0.15, -0.1) is 0 Å². The van der Waals surface area contributed by atoms with E-state index >= 15 is 0 Å². The maximum atomic E-state index is 12.6. The number of aryl methyl sites for hydroxylation is 1. The van der Waals surface area contributed by atoms with E-state index < -0.39 is 0 Å². The second kappa shape index (κ2) is 6.10. The van der Waals surface area contributed by atoms with Crippen LogP contribution in [0.4, 0.5) is 0 Å². The fourth-order valence-corrected chi connectivity index (χ4v) is 2.76. The van der Waals surface area contributed by atoms with Gasteiger partial charge in [0, 0.05) is 11.1 Å². The van der Waals surface area contributed by atoms with Gasteiger partial charge in [-0.05, 0) is 31.5 Å². The number of aromatic nitrogens is 1. The molecular weight excluding hydrogens is 304 g/mol. The smallest absolute Gasteiger partial charge is 0.276 e. The molecule has 2 atom stereocenters. The van der Waals surface area contributed by atoms with Crippen LogP contribution in [0.5, 0.6) is 0 Å². The summed E-state index contributed by atoms with van der Waals surface area (Å²) in [6.45, 7) is 4.66. The molecule has 2 heterocycles. The molecule has 116 valence electrons. The highest BCUT2D eigenvalue weighted by Gasteiger charge is 2.32. The Labute approximate surface area is 133 Å². The zero-order valence-corrected chi connectivity index (χ0v) is 13.2. The molecular formula is C16H17ClN2O3. The molecule has 1 saturated heterocycles. The molecule has 0 bridgehead atoms. The minimum absolute atomic E-state index is 0.0139. The van der Waals surface area contributed by atoms with E-state index in [0.717, 1.165) is 5.56 Å². The molecule has 0 N–H and O–H groups in total. The quantitative estimate of drug-likeness (QED) is 0.852. The number of ether oxygens (including phenoxy) is 1. The van der Waals surface area contributed by atoms with Crippen molar-refractivity contribution < 1.29 is 14.1 Å². The number of morpholine rings is 1. The van der Waals surface area contributed by atoms with Crippen LogP contribution in [-0.2, 0) is 4.74 Å². The van der Waals surface area contributed by atoms with Gasteiger partial charge in [0.25, 0.3) is 5.91 Å². The van der Waals surface area contributed by atoms with E-state index in [1.807, 2.05) is 31.2 Å². The maximum absolute atomic E-state index is 12.6. The highest BCUT2D eigenvalue weighted by atomic mass is 35.5. The molecule has 6 heteroatoms. The standard InChI is InChI=1S/C16H17ClN2O3/c1-10-9-21-15(12-4-3-5-13(17)7-12)8-19(10)16(20)14-6-11(2)22-18-14/h3-7,10,15H,8-9H2,1-2H3/t10-,15-/m1/s1. The summed E-state index contributed by atoms with van der Waals surface area (Å²) in [4.78, 5) is 14.4. The van der Waals surface area contributed by atoms with Crippen molar-refractivity contribution in [1.82, 2.24) is 10.1 Å². The number of hydrogen-bond acceptors (Lipinski definition) is 4. The number of carbonyl (C=O) groups excluding carboxylic acids is 1. The Hall–Kier alpha value is -1.85. The zero-order valence-electron chi connectivity index (χ0n) is 12.5. The van der Waals surface area contributed by atoms with Crippen molar-refractivity contribution in [2.24, 2.45) is 0 Å². The number of benzene rings is 1. The lowest BCUT2D eigenvalue weighted by Gasteiger charge is -2.37. The molecule has 0 aliphatic carbocycles. The lowest BCUT2D eigenvalue weighted by atomic mass is 10.1. The van der Waals surface area contributed by atoms with E-state index in [4.69, 9.17) is 20.9 Å². The summed E-state index contributed by atoms with van der Waals surface area (Å²) in [5.74, 6) is 0.482. The van der Waals surface area contributed by atoms with Crippen molar-refractivity contribution in [1.29, 1.82) is 0 Å². The molecule has 1 fully saturated rings. The number of carbonyl (C=O) groups is 1. The van der Waals surface area contributed by atoms with Gasteiger partial charge in [-0.25, -0.2) is 0 Å². The summed E-state index contributed by atoms with van der Waals surface area (Å²) < 4.78 is 10.8. The molecule has 1 aromatic heterocycles. The molecule has 22 heavy (non-hydrogen) atoms. The van der Waals surface area contributed by atoms with Crippen molar-refractivity contribution in [3.05, 3.63) is 52.4 Å². The fraction of sp³-hybridized carbons (Fsp3) is 0.375. The Bertz CT molecular complexity index is 686.